The summed E-state index contributed by atoms with van der Waals surface area (Å²) in [5.74, 6) is -1.43. The second-order valence-corrected chi connectivity index (χ2v) is 6.64. The first-order valence-electron chi connectivity index (χ1n) is 8.84. The molecular weight excluding hydrogens is 389 g/mol. The highest BCUT2D eigenvalue weighted by atomic mass is 19.4. The fourth-order valence-electron chi connectivity index (χ4n) is 2.57. The van der Waals surface area contributed by atoms with E-state index in [1.165, 1.54) is 4.90 Å². The molecule has 0 aliphatic rings. The number of nitrogens with zero attached hydrogens (tertiary/aromatic N) is 2. The number of alkyl halides is 3. The first-order chi connectivity index (χ1) is 13.6. The molecule has 0 radical (unpaired) electrons. The molecule has 0 fully saturated rings. The van der Waals surface area contributed by atoms with E-state index in [1.54, 1.807) is 0 Å². The average Bonchev–Trinajstić information content (AvgIpc) is 2.65. The predicted octanol–water partition coefficient (Wildman–Crippen LogP) is 2.85. The van der Waals surface area contributed by atoms with Gasteiger partial charge in [0.25, 0.3) is 11.5 Å². The lowest BCUT2D eigenvalue weighted by Crippen LogP contribution is -2.39. The summed E-state index contributed by atoms with van der Waals surface area (Å²) in [7, 11) is 0. The Morgan fingerprint density at radius 3 is 2.34 bits per heavy atom. The molecule has 9 heteroatoms. The number of esters is 1. The van der Waals surface area contributed by atoms with Gasteiger partial charge in [-0.05, 0) is 25.5 Å². The lowest BCUT2D eigenvalue weighted by atomic mass is 10.2. The van der Waals surface area contributed by atoms with Crippen molar-refractivity contribution in [3.63, 3.8) is 0 Å². The van der Waals surface area contributed by atoms with Crippen LogP contribution in [0.2, 0.25) is 0 Å². The third kappa shape index (κ3) is 6.48. The molecule has 0 atom stereocenters. The molecule has 0 aliphatic carbocycles. The van der Waals surface area contributed by atoms with Crippen LogP contribution in [-0.4, -0.2) is 34.0 Å². The molecule has 0 unspecified atom stereocenters. The van der Waals surface area contributed by atoms with E-state index in [1.807, 2.05) is 44.2 Å². The second-order valence-electron chi connectivity index (χ2n) is 6.64. The monoisotopic (exact) mass is 410 g/mol. The van der Waals surface area contributed by atoms with Crippen LogP contribution in [0.25, 0.3) is 0 Å². The summed E-state index contributed by atoms with van der Waals surface area (Å²) in [6, 6.07) is 10.4. The Hall–Kier alpha value is -3.10. The Bertz CT molecular complexity index is 908. The van der Waals surface area contributed by atoms with Crippen molar-refractivity contribution in [1.82, 2.24) is 9.47 Å². The van der Waals surface area contributed by atoms with Gasteiger partial charge in [-0.1, -0.05) is 30.3 Å². The summed E-state index contributed by atoms with van der Waals surface area (Å²) in [5.41, 5.74) is -0.944. The smallest absolute Gasteiger partial charge is 0.417 e. The highest BCUT2D eigenvalue weighted by Crippen LogP contribution is 2.27. The molecule has 29 heavy (non-hydrogen) atoms. The van der Waals surface area contributed by atoms with Gasteiger partial charge in [-0.3, -0.25) is 14.4 Å². The largest absolute Gasteiger partial charge is 0.454 e. The quantitative estimate of drug-likeness (QED) is 0.659. The minimum absolute atomic E-state index is 0.160. The van der Waals surface area contributed by atoms with Crippen molar-refractivity contribution in [2.24, 2.45) is 0 Å². The summed E-state index contributed by atoms with van der Waals surface area (Å²) in [6.07, 6.45) is -4.11. The maximum atomic E-state index is 12.8. The molecule has 156 valence electrons. The van der Waals surface area contributed by atoms with Crippen LogP contribution in [-0.2, 0) is 33.6 Å². The van der Waals surface area contributed by atoms with E-state index in [2.05, 4.69) is 0 Å². The van der Waals surface area contributed by atoms with Gasteiger partial charge in [-0.25, -0.2) is 0 Å². The molecule has 0 N–H and O–H groups in total. The van der Waals surface area contributed by atoms with Crippen molar-refractivity contribution in [3.8, 4) is 0 Å². The number of rotatable bonds is 7. The maximum absolute atomic E-state index is 12.8. The zero-order valence-electron chi connectivity index (χ0n) is 16.0. The zero-order valence-corrected chi connectivity index (χ0v) is 16.0. The van der Waals surface area contributed by atoms with Gasteiger partial charge in [0.2, 0.25) is 0 Å². The van der Waals surface area contributed by atoms with Crippen LogP contribution in [0.3, 0.4) is 0 Å². The van der Waals surface area contributed by atoms with Gasteiger partial charge >= 0.3 is 12.1 Å². The van der Waals surface area contributed by atoms with Crippen molar-refractivity contribution < 1.29 is 27.5 Å². The molecule has 1 heterocycles. The molecule has 1 aromatic heterocycles. The van der Waals surface area contributed by atoms with Crippen LogP contribution < -0.4 is 5.56 Å². The van der Waals surface area contributed by atoms with E-state index < -0.39 is 42.3 Å². The number of aromatic nitrogens is 1. The number of pyridine rings is 1. The highest BCUT2D eigenvalue weighted by Gasteiger charge is 2.31. The fourth-order valence-corrected chi connectivity index (χ4v) is 2.57. The number of carbonyl (C=O) groups excluding carboxylic acids is 2. The van der Waals surface area contributed by atoms with Gasteiger partial charge in [0.15, 0.2) is 6.61 Å². The predicted molar refractivity (Wildman–Crippen MR) is 98.8 cm³/mol. The van der Waals surface area contributed by atoms with E-state index in [0.29, 0.717) is 23.4 Å². The van der Waals surface area contributed by atoms with Gasteiger partial charge in [-0.2, -0.15) is 13.2 Å². The third-order valence-electron chi connectivity index (χ3n) is 4.11. The van der Waals surface area contributed by atoms with Crippen LogP contribution >= 0.6 is 0 Å². The Morgan fingerprint density at radius 2 is 1.76 bits per heavy atom. The lowest BCUT2D eigenvalue weighted by molar-refractivity contribution is -0.153. The summed E-state index contributed by atoms with van der Waals surface area (Å²) in [4.78, 5) is 37.6. The van der Waals surface area contributed by atoms with Gasteiger partial charge in [0.05, 0.1) is 5.56 Å². The van der Waals surface area contributed by atoms with Crippen LogP contribution in [0.15, 0.2) is 53.5 Å². The molecule has 0 bridgehead atoms. The minimum Gasteiger partial charge on any atom is -0.454 e. The van der Waals surface area contributed by atoms with Crippen LogP contribution in [0, 0.1) is 0 Å². The molecule has 2 aromatic rings. The molecule has 0 saturated carbocycles. The van der Waals surface area contributed by atoms with E-state index in [0.717, 1.165) is 11.6 Å². The number of amides is 1. The average molecular weight is 410 g/mol. The van der Waals surface area contributed by atoms with E-state index in [9.17, 15) is 27.6 Å². The minimum atomic E-state index is -4.65. The highest BCUT2D eigenvalue weighted by molar-refractivity contribution is 5.80. The third-order valence-corrected chi connectivity index (χ3v) is 4.11. The first-order valence-corrected chi connectivity index (χ1v) is 8.84. The summed E-state index contributed by atoms with van der Waals surface area (Å²) in [5, 5.41) is 0. The molecule has 2 rings (SSSR count). The van der Waals surface area contributed by atoms with Crippen LogP contribution in [0.5, 0.6) is 0 Å². The number of ether oxygens (including phenoxy) is 1. The molecular formula is C20H21F3N2O4. The van der Waals surface area contributed by atoms with Crippen molar-refractivity contribution >= 4 is 11.9 Å². The zero-order chi connectivity index (χ0) is 21.6. The standard InChI is InChI=1S/C20H21F3N2O4/c1-14(2)25(10-15-6-4-3-5-7-15)18(27)13-29-19(28)12-24-11-16(20(21,22)23)8-9-17(24)26/h3-9,11,14H,10,12-13H2,1-2H3. The lowest BCUT2D eigenvalue weighted by Gasteiger charge is -2.26. The number of hydrogen-bond acceptors (Lipinski definition) is 4. The van der Waals surface area contributed by atoms with E-state index in [-0.39, 0.29) is 6.04 Å². The van der Waals surface area contributed by atoms with E-state index >= 15 is 0 Å². The van der Waals surface area contributed by atoms with Gasteiger partial charge in [-0.15, -0.1) is 0 Å². The van der Waals surface area contributed by atoms with Gasteiger partial charge in [0.1, 0.15) is 6.54 Å². The Balaban J connectivity index is 1.99. The van der Waals surface area contributed by atoms with Crippen molar-refractivity contribution in [2.45, 2.75) is 39.2 Å². The van der Waals surface area contributed by atoms with Gasteiger partial charge < -0.3 is 14.2 Å². The topological polar surface area (TPSA) is 68.6 Å². The Kier molecular flexibility index (Phi) is 7.19. The summed E-state index contributed by atoms with van der Waals surface area (Å²) < 4.78 is 43.7. The van der Waals surface area contributed by atoms with Crippen molar-refractivity contribution in [3.05, 3.63) is 70.1 Å². The molecule has 0 saturated heterocycles. The van der Waals surface area contributed by atoms with Crippen molar-refractivity contribution in [2.75, 3.05) is 6.61 Å². The number of carbonyl (C=O) groups is 2. The maximum Gasteiger partial charge on any atom is 0.417 e. The van der Waals surface area contributed by atoms with E-state index in [4.69, 9.17) is 4.74 Å². The summed E-state index contributed by atoms with van der Waals surface area (Å²) in [6.45, 7) is 2.64. The fraction of sp³-hybridized carbons (Fsp3) is 0.350. The second kappa shape index (κ2) is 9.40. The molecule has 0 aliphatic heterocycles. The Labute approximate surface area is 165 Å². The number of hydrogen-bond donors (Lipinski definition) is 0. The number of benzene rings is 1. The molecule has 0 spiro atoms. The summed E-state index contributed by atoms with van der Waals surface area (Å²) >= 11 is 0. The first kappa shape index (κ1) is 22.2. The number of halogens is 3. The molecule has 1 aromatic carbocycles. The van der Waals surface area contributed by atoms with Crippen LogP contribution in [0.1, 0.15) is 25.0 Å². The molecule has 6 nitrogen and oxygen atoms in total. The van der Waals surface area contributed by atoms with Gasteiger partial charge in [0, 0.05) is 24.8 Å². The Morgan fingerprint density at radius 1 is 1.10 bits per heavy atom. The van der Waals surface area contributed by atoms with Crippen molar-refractivity contribution in [1.29, 1.82) is 0 Å². The SMILES string of the molecule is CC(C)N(Cc1ccccc1)C(=O)COC(=O)Cn1cc(C(F)(F)F)ccc1=O. The molecule has 1 amide bonds. The van der Waals surface area contributed by atoms with Crippen LogP contribution in [0.4, 0.5) is 13.2 Å². The normalized spacial score (nSPS) is 11.4.